The van der Waals surface area contributed by atoms with Crippen molar-refractivity contribution in [3.05, 3.63) is 18.3 Å². The van der Waals surface area contributed by atoms with Gasteiger partial charge in [0.15, 0.2) is 0 Å². The van der Waals surface area contributed by atoms with E-state index in [1.807, 2.05) is 0 Å². The zero-order valence-corrected chi connectivity index (χ0v) is 8.12. The molecule has 1 rings (SSSR count). The van der Waals surface area contributed by atoms with E-state index in [1.54, 1.807) is 12.1 Å². The predicted octanol–water partition coefficient (Wildman–Crippen LogP) is 0.663. The predicted molar refractivity (Wildman–Crippen MR) is 55.3 cm³/mol. The van der Waals surface area contributed by atoms with Crippen molar-refractivity contribution in [1.29, 1.82) is 0 Å². The molecule has 4 nitrogen and oxygen atoms in total. The van der Waals surface area contributed by atoms with Crippen LogP contribution in [0.4, 0.5) is 10.6 Å². The molecular formula is C8H8BClN2O2. The number of pyridine rings is 1. The molecule has 0 aromatic carbocycles. The van der Waals surface area contributed by atoms with Crippen LogP contribution in [0.1, 0.15) is 0 Å². The molecule has 0 saturated carbocycles. The van der Waals surface area contributed by atoms with Gasteiger partial charge in [-0.3, -0.25) is 5.32 Å². The van der Waals surface area contributed by atoms with Gasteiger partial charge >= 0.3 is 6.09 Å². The minimum Gasteiger partial charge on any atom is -0.448 e. The van der Waals surface area contributed by atoms with Crippen LogP contribution >= 0.6 is 11.6 Å². The SMILES string of the molecule is [B]c1ccc(NC(=O)OCCCl)nc1. The second-order valence-electron chi connectivity index (χ2n) is 2.43. The maximum absolute atomic E-state index is 11.0. The van der Waals surface area contributed by atoms with Gasteiger partial charge in [-0.25, -0.2) is 9.78 Å². The fourth-order valence-electron chi connectivity index (χ4n) is 0.751. The fraction of sp³-hybridized carbons (Fsp3) is 0.250. The van der Waals surface area contributed by atoms with E-state index < -0.39 is 6.09 Å². The number of hydrogen-bond donors (Lipinski definition) is 1. The van der Waals surface area contributed by atoms with E-state index in [2.05, 4.69) is 15.0 Å². The lowest BCUT2D eigenvalue weighted by molar-refractivity contribution is 0.168. The molecule has 0 saturated heterocycles. The largest absolute Gasteiger partial charge is 0.448 e. The highest BCUT2D eigenvalue weighted by Crippen LogP contribution is 1.99. The Balaban J connectivity index is 2.44. The summed E-state index contributed by atoms with van der Waals surface area (Å²) in [6, 6.07) is 3.21. The summed E-state index contributed by atoms with van der Waals surface area (Å²) in [6.45, 7) is 0.169. The molecule has 1 amide bonds. The van der Waals surface area contributed by atoms with Crippen molar-refractivity contribution < 1.29 is 9.53 Å². The average Bonchev–Trinajstić information content (AvgIpc) is 2.18. The second-order valence-corrected chi connectivity index (χ2v) is 2.80. The highest BCUT2D eigenvalue weighted by molar-refractivity contribution is 6.32. The van der Waals surface area contributed by atoms with Crippen molar-refractivity contribution in [2.24, 2.45) is 0 Å². The van der Waals surface area contributed by atoms with Crippen LogP contribution in [0, 0.1) is 0 Å². The van der Waals surface area contributed by atoms with E-state index in [0.717, 1.165) is 0 Å². The van der Waals surface area contributed by atoms with Crippen molar-refractivity contribution in [1.82, 2.24) is 4.98 Å². The highest BCUT2D eigenvalue weighted by atomic mass is 35.5. The topological polar surface area (TPSA) is 51.2 Å². The zero-order valence-electron chi connectivity index (χ0n) is 7.37. The van der Waals surface area contributed by atoms with Gasteiger partial charge in [-0.15, -0.1) is 11.6 Å². The van der Waals surface area contributed by atoms with Crippen LogP contribution in [-0.4, -0.2) is 31.4 Å². The average molecular weight is 210 g/mol. The number of carbonyl (C=O) groups is 1. The lowest BCUT2D eigenvalue weighted by atomic mass is 9.99. The van der Waals surface area contributed by atoms with Crippen LogP contribution in [0.25, 0.3) is 0 Å². The Kier molecular flexibility index (Phi) is 4.26. The van der Waals surface area contributed by atoms with E-state index in [1.165, 1.54) is 6.20 Å². The number of carbonyl (C=O) groups excluding carboxylic acids is 1. The van der Waals surface area contributed by atoms with Crippen LogP contribution in [0.2, 0.25) is 0 Å². The van der Waals surface area contributed by atoms with Gasteiger partial charge in [0.25, 0.3) is 0 Å². The number of hydrogen-bond acceptors (Lipinski definition) is 3. The van der Waals surface area contributed by atoms with Crippen LogP contribution in [0.3, 0.4) is 0 Å². The van der Waals surface area contributed by atoms with Crippen LogP contribution in [0.5, 0.6) is 0 Å². The summed E-state index contributed by atoms with van der Waals surface area (Å²) < 4.78 is 4.67. The molecule has 0 aliphatic carbocycles. The van der Waals surface area contributed by atoms with E-state index in [-0.39, 0.29) is 12.5 Å². The van der Waals surface area contributed by atoms with Crippen molar-refractivity contribution >= 4 is 36.8 Å². The first-order valence-electron chi connectivity index (χ1n) is 3.93. The van der Waals surface area contributed by atoms with E-state index in [0.29, 0.717) is 11.3 Å². The number of nitrogens with one attached hydrogen (secondary N) is 1. The number of nitrogens with zero attached hydrogens (tertiary/aromatic N) is 1. The Morgan fingerprint density at radius 1 is 1.64 bits per heavy atom. The minimum absolute atomic E-state index is 0.169. The van der Waals surface area contributed by atoms with Gasteiger partial charge in [-0.05, 0) is 6.07 Å². The fourth-order valence-corrected chi connectivity index (χ4v) is 0.828. The number of aromatic nitrogens is 1. The molecule has 1 aromatic rings. The Morgan fingerprint density at radius 3 is 3.00 bits per heavy atom. The standard InChI is InChI=1S/C8H8BClN2O2/c9-6-1-2-7(11-5-6)12-8(13)14-4-3-10/h1-2,5H,3-4H2,(H,11,12,13). The third-order valence-electron chi connectivity index (χ3n) is 1.33. The summed E-state index contributed by atoms with van der Waals surface area (Å²) in [4.78, 5) is 14.8. The number of anilines is 1. The first-order valence-corrected chi connectivity index (χ1v) is 4.47. The molecule has 0 aliphatic heterocycles. The normalized spacial score (nSPS) is 9.50. The molecule has 1 heterocycles. The molecule has 1 aromatic heterocycles. The van der Waals surface area contributed by atoms with E-state index >= 15 is 0 Å². The Bertz CT molecular complexity index is 305. The van der Waals surface area contributed by atoms with Crippen LogP contribution < -0.4 is 10.8 Å². The number of ether oxygens (including phenoxy) is 1. The quantitative estimate of drug-likeness (QED) is 0.589. The van der Waals surface area contributed by atoms with Crippen molar-refractivity contribution in [3.63, 3.8) is 0 Å². The summed E-state index contributed by atoms with van der Waals surface area (Å²) >= 11 is 5.33. The molecule has 14 heavy (non-hydrogen) atoms. The Morgan fingerprint density at radius 2 is 2.43 bits per heavy atom. The van der Waals surface area contributed by atoms with Crippen molar-refractivity contribution in [2.75, 3.05) is 17.8 Å². The first kappa shape index (κ1) is 10.9. The lowest BCUT2D eigenvalue weighted by Gasteiger charge is -2.04. The number of alkyl halides is 1. The minimum atomic E-state index is -0.581. The third kappa shape index (κ3) is 3.66. The molecule has 2 radical (unpaired) electrons. The summed E-state index contributed by atoms with van der Waals surface area (Å²) in [5.74, 6) is 0.654. The summed E-state index contributed by atoms with van der Waals surface area (Å²) in [7, 11) is 5.41. The smallest absolute Gasteiger partial charge is 0.412 e. The molecule has 0 atom stereocenters. The van der Waals surface area contributed by atoms with Gasteiger partial charge in [0.2, 0.25) is 0 Å². The van der Waals surface area contributed by atoms with Crippen LogP contribution in [-0.2, 0) is 4.74 Å². The highest BCUT2D eigenvalue weighted by Gasteiger charge is 2.02. The molecule has 0 spiro atoms. The lowest BCUT2D eigenvalue weighted by Crippen LogP contribution is -2.16. The molecular weight excluding hydrogens is 202 g/mol. The summed E-state index contributed by atoms with van der Waals surface area (Å²) in [5.41, 5.74) is 0.532. The van der Waals surface area contributed by atoms with Gasteiger partial charge in [-0.1, -0.05) is 11.5 Å². The first-order chi connectivity index (χ1) is 6.72. The molecule has 1 N–H and O–H groups in total. The summed E-state index contributed by atoms with van der Waals surface area (Å²) in [5, 5.41) is 2.42. The van der Waals surface area contributed by atoms with Gasteiger partial charge in [0.1, 0.15) is 20.3 Å². The maximum Gasteiger partial charge on any atom is 0.412 e. The maximum atomic E-state index is 11.0. The van der Waals surface area contributed by atoms with E-state index in [9.17, 15) is 4.79 Å². The Hall–Kier alpha value is -1.23. The summed E-state index contributed by atoms with van der Waals surface area (Å²) in [6.07, 6.45) is 0.861. The number of rotatable bonds is 3. The molecule has 0 bridgehead atoms. The molecule has 0 aliphatic rings. The van der Waals surface area contributed by atoms with Crippen molar-refractivity contribution in [2.45, 2.75) is 0 Å². The van der Waals surface area contributed by atoms with Gasteiger partial charge in [0, 0.05) is 6.20 Å². The van der Waals surface area contributed by atoms with Crippen LogP contribution in [0.15, 0.2) is 18.3 Å². The van der Waals surface area contributed by atoms with Gasteiger partial charge < -0.3 is 4.74 Å². The number of halogens is 1. The number of amides is 1. The van der Waals surface area contributed by atoms with Gasteiger partial charge in [-0.2, -0.15) is 0 Å². The van der Waals surface area contributed by atoms with Gasteiger partial charge in [0.05, 0.1) is 5.88 Å². The van der Waals surface area contributed by atoms with E-state index in [4.69, 9.17) is 19.4 Å². The Labute approximate surface area is 88.0 Å². The molecule has 72 valence electrons. The molecule has 0 fully saturated rings. The molecule has 6 heteroatoms. The monoisotopic (exact) mass is 210 g/mol. The molecule has 0 unspecified atom stereocenters. The zero-order chi connectivity index (χ0) is 10.4. The second kappa shape index (κ2) is 5.49. The van der Waals surface area contributed by atoms with Crippen molar-refractivity contribution in [3.8, 4) is 0 Å². The third-order valence-corrected chi connectivity index (χ3v) is 1.48.